The van der Waals surface area contributed by atoms with Crippen LogP contribution in [-0.4, -0.2) is 65.5 Å². The molecule has 0 atom stereocenters. The van der Waals surface area contributed by atoms with Crippen molar-refractivity contribution in [3.05, 3.63) is 115 Å². The number of nitrogens with zero attached hydrogens (tertiary/aromatic N) is 1. The van der Waals surface area contributed by atoms with Gasteiger partial charge in [0.15, 0.2) is 0 Å². The molecule has 6 rings (SSSR count). The number of unbranched alkanes of at least 4 members (excludes halogenated alkanes) is 2. The number of aromatic amines is 2. The van der Waals surface area contributed by atoms with Gasteiger partial charge in [-0.05, 0) is 122 Å². The molecule has 314 valence electrons. The van der Waals surface area contributed by atoms with Gasteiger partial charge in [-0.1, -0.05) is 84.2 Å². The Morgan fingerprint density at radius 3 is 1.86 bits per heavy atom. The van der Waals surface area contributed by atoms with Crippen LogP contribution in [0.1, 0.15) is 78.4 Å². The minimum atomic E-state index is -0.467. The Hall–Kier alpha value is -5.00. The van der Waals surface area contributed by atoms with Crippen LogP contribution in [0.25, 0.3) is 21.8 Å². The zero-order valence-corrected chi connectivity index (χ0v) is 37.4. The Balaban J connectivity index is 0.000000224. The van der Waals surface area contributed by atoms with Crippen molar-refractivity contribution in [3.8, 4) is 5.75 Å². The summed E-state index contributed by atoms with van der Waals surface area (Å²) in [5, 5.41) is 5.19. The highest BCUT2D eigenvalue weighted by Crippen LogP contribution is 2.40. The van der Waals surface area contributed by atoms with Crippen LogP contribution in [0.4, 0.5) is 9.59 Å². The number of aryl methyl sites for hydroxylation is 2. The Morgan fingerprint density at radius 2 is 1.20 bits per heavy atom. The van der Waals surface area contributed by atoms with Crippen LogP contribution in [0.2, 0.25) is 0 Å². The van der Waals surface area contributed by atoms with Gasteiger partial charge < -0.3 is 34.4 Å². The minimum absolute atomic E-state index is 0.257. The van der Waals surface area contributed by atoms with Gasteiger partial charge in [-0.3, -0.25) is 0 Å². The molecule has 0 spiro atoms. The van der Waals surface area contributed by atoms with Crippen molar-refractivity contribution in [2.75, 3.05) is 27.2 Å². The molecule has 9 nitrogen and oxygen atoms in total. The smallest absolute Gasteiger partial charge is 0.410 e. The summed E-state index contributed by atoms with van der Waals surface area (Å²) in [6.07, 6.45) is 9.33. The molecular formula is C48H60N4O5S2. The van der Waals surface area contributed by atoms with Crippen LogP contribution >= 0.6 is 23.5 Å². The Labute approximate surface area is 358 Å². The standard InChI is InChI=1S/C24H30N2O3S.C24H30N2O2S/c1-24(2,3)29-23(27)25-15-8-7-11-17-10-5-6-14-20(17)30-21-16-26-18-12-9-13-19(28-4)22(18)21;1-24(2,3)28-23(27)26(4)16-10-9-12-18-11-5-8-15-21(18)29-22-17-25-20-14-7-6-13-19(20)22/h5-6,9-10,12-14,16,26H,7-8,11,15H2,1-4H3,(H,25,27);5-8,11,13-15,17,25H,9-10,12,16H2,1-4H3. The van der Waals surface area contributed by atoms with Crippen LogP contribution in [0.15, 0.2) is 123 Å². The zero-order chi connectivity index (χ0) is 42.4. The summed E-state index contributed by atoms with van der Waals surface area (Å²) in [5.41, 5.74) is 3.97. The number of rotatable bonds is 15. The molecule has 6 aromatic rings. The fourth-order valence-electron chi connectivity index (χ4n) is 6.40. The van der Waals surface area contributed by atoms with Gasteiger partial charge >= 0.3 is 12.2 Å². The summed E-state index contributed by atoms with van der Waals surface area (Å²) >= 11 is 3.56. The van der Waals surface area contributed by atoms with Crippen molar-refractivity contribution in [1.29, 1.82) is 0 Å². The predicted octanol–water partition coefficient (Wildman–Crippen LogP) is 12.7. The predicted molar refractivity (Wildman–Crippen MR) is 243 cm³/mol. The van der Waals surface area contributed by atoms with E-state index in [1.165, 1.54) is 31.2 Å². The van der Waals surface area contributed by atoms with Crippen LogP contribution < -0.4 is 10.1 Å². The fourth-order valence-corrected chi connectivity index (χ4v) is 8.60. The second-order valence-corrected chi connectivity index (χ2v) is 18.6. The molecule has 11 heteroatoms. The second kappa shape index (κ2) is 21.3. The highest BCUT2D eigenvalue weighted by Gasteiger charge is 2.20. The van der Waals surface area contributed by atoms with E-state index in [9.17, 15) is 9.59 Å². The molecule has 0 unspecified atom stereocenters. The quantitative estimate of drug-likeness (QED) is 0.0884. The number of aromatic nitrogens is 2. The Morgan fingerprint density at radius 1 is 0.644 bits per heavy atom. The molecule has 2 heterocycles. The van der Waals surface area contributed by atoms with E-state index in [2.05, 4.69) is 100 Å². The third-order valence-electron chi connectivity index (χ3n) is 9.22. The molecule has 0 fully saturated rings. The van der Waals surface area contributed by atoms with Crippen LogP contribution in [-0.2, 0) is 22.3 Å². The van der Waals surface area contributed by atoms with E-state index in [0.29, 0.717) is 13.1 Å². The van der Waals surface area contributed by atoms with Crippen LogP contribution in [0.5, 0.6) is 5.75 Å². The normalized spacial score (nSPS) is 11.5. The van der Waals surface area contributed by atoms with E-state index >= 15 is 0 Å². The first-order valence-corrected chi connectivity index (χ1v) is 22.0. The number of hydrogen-bond donors (Lipinski definition) is 3. The topological polar surface area (TPSA) is 109 Å². The average molecular weight is 837 g/mol. The summed E-state index contributed by atoms with van der Waals surface area (Å²) in [6.45, 7) is 12.6. The molecule has 0 saturated heterocycles. The number of ether oxygens (including phenoxy) is 3. The van der Waals surface area contributed by atoms with Crippen LogP contribution in [0, 0.1) is 0 Å². The van der Waals surface area contributed by atoms with Gasteiger partial charge in [0, 0.05) is 63.0 Å². The Bertz CT molecular complexity index is 2270. The van der Waals surface area contributed by atoms with Gasteiger partial charge in [-0.15, -0.1) is 0 Å². The summed E-state index contributed by atoms with van der Waals surface area (Å²) in [6, 6.07) is 31.5. The maximum atomic E-state index is 12.1. The van der Waals surface area contributed by atoms with E-state index in [4.69, 9.17) is 14.2 Å². The maximum Gasteiger partial charge on any atom is 0.410 e. The van der Waals surface area contributed by atoms with E-state index < -0.39 is 11.2 Å². The number of carbonyl (C=O) groups excluding carboxylic acids is 2. The number of H-pyrrole nitrogens is 2. The second-order valence-electron chi connectivity index (χ2n) is 16.4. The molecule has 59 heavy (non-hydrogen) atoms. The van der Waals surface area contributed by atoms with E-state index in [1.54, 1.807) is 30.8 Å². The van der Waals surface area contributed by atoms with E-state index in [-0.39, 0.29) is 12.2 Å². The number of para-hydroxylation sites is 1. The lowest BCUT2D eigenvalue weighted by atomic mass is 10.1. The first kappa shape index (κ1) is 45.1. The number of carbonyl (C=O) groups is 2. The van der Waals surface area contributed by atoms with Crippen molar-refractivity contribution in [1.82, 2.24) is 20.2 Å². The molecule has 0 bridgehead atoms. The molecule has 0 aliphatic rings. The largest absolute Gasteiger partial charge is 0.496 e. The van der Waals surface area contributed by atoms with Crippen molar-refractivity contribution in [2.24, 2.45) is 0 Å². The maximum absolute atomic E-state index is 12.1. The lowest BCUT2D eigenvalue weighted by molar-refractivity contribution is 0.0296. The lowest BCUT2D eigenvalue weighted by Gasteiger charge is -2.24. The average Bonchev–Trinajstić information content (AvgIpc) is 3.80. The highest BCUT2D eigenvalue weighted by molar-refractivity contribution is 8.00. The molecule has 0 radical (unpaired) electrons. The Kier molecular flexibility index (Phi) is 16.3. The SMILES string of the molecule is CN(CCCCc1ccccc1Sc1c[nH]c2ccccc12)C(=O)OC(C)(C)C.COc1cccc2[nH]cc(Sc3ccccc3CCCCNC(=O)OC(C)(C)C)c12. The van der Waals surface area contributed by atoms with Gasteiger partial charge in [0.05, 0.1) is 18.0 Å². The summed E-state index contributed by atoms with van der Waals surface area (Å²) in [4.78, 5) is 37.1. The van der Waals surface area contributed by atoms with Crippen molar-refractivity contribution in [2.45, 2.75) is 111 Å². The minimum Gasteiger partial charge on any atom is -0.496 e. The van der Waals surface area contributed by atoms with Crippen molar-refractivity contribution >= 4 is 57.5 Å². The number of amides is 2. The van der Waals surface area contributed by atoms with Gasteiger partial charge in [0.25, 0.3) is 0 Å². The monoisotopic (exact) mass is 836 g/mol. The van der Waals surface area contributed by atoms with Crippen molar-refractivity contribution in [3.63, 3.8) is 0 Å². The molecule has 2 aromatic heterocycles. The van der Waals surface area contributed by atoms with Gasteiger partial charge in [0.1, 0.15) is 17.0 Å². The summed E-state index contributed by atoms with van der Waals surface area (Å²) < 4.78 is 16.2. The third-order valence-corrected chi connectivity index (χ3v) is 11.6. The fraction of sp³-hybridized carbons (Fsp3) is 0.375. The number of methoxy groups -OCH3 is 1. The van der Waals surface area contributed by atoms with Gasteiger partial charge in [-0.25, -0.2) is 9.59 Å². The number of nitrogens with one attached hydrogen (secondary N) is 3. The lowest BCUT2D eigenvalue weighted by Crippen LogP contribution is -2.34. The number of hydrogen-bond acceptors (Lipinski definition) is 7. The van der Waals surface area contributed by atoms with E-state index in [1.807, 2.05) is 71.6 Å². The molecular weight excluding hydrogens is 777 g/mol. The number of alkyl carbamates (subject to hydrolysis) is 1. The van der Waals surface area contributed by atoms with Gasteiger partial charge in [0.2, 0.25) is 0 Å². The first-order valence-electron chi connectivity index (χ1n) is 20.3. The molecule has 4 aromatic carbocycles. The number of benzene rings is 4. The third kappa shape index (κ3) is 14.1. The summed E-state index contributed by atoms with van der Waals surface area (Å²) in [5.74, 6) is 0.877. The molecule has 0 aliphatic heterocycles. The zero-order valence-electron chi connectivity index (χ0n) is 35.8. The van der Waals surface area contributed by atoms with Gasteiger partial charge in [-0.2, -0.15) is 0 Å². The summed E-state index contributed by atoms with van der Waals surface area (Å²) in [7, 11) is 3.50. The van der Waals surface area contributed by atoms with Crippen molar-refractivity contribution < 1.29 is 23.8 Å². The number of fused-ring (bicyclic) bond motifs is 2. The molecule has 2 amide bonds. The molecule has 0 aliphatic carbocycles. The highest BCUT2D eigenvalue weighted by atomic mass is 32.2. The molecule has 3 N–H and O–H groups in total. The first-order chi connectivity index (χ1) is 28.2. The van der Waals surface area contributed by atoms with Crippen LogP contribution in [0.3, 0.4) is 0 Å². The molecule has 0 saturated carbocycles. The van der Waals surface area contributed by atoms with E-state index in [0.717, 1.165) is 65.6 Å².